The monoisotopic (exact) mass is 287 g/mol. The third-order valence-corrected chi connectivity index (χ3v) is 2.64. The van der Waals surface area contributed by atoms with Crippen LogP contribution in [0.3, 0.4) is 0 Å². The van der Waals surface area contributed by atoms with Crippen molar-refractivity contribution in [1.29, 1.82) is 0 Å². The Bertz CT molecular complexity index is 427. The van der Waals surface area contributed by atoms with Gasteiger partial charge in [0.15, 0.2) is 0 Å². The molecule has 0 aliphatic carbocycles. The van der Waals surface area contributed by atoms with Crippen LogP contribution in [0.4, 0.5) is 11.4 Å². The van der Waals surface area contributed by atoms with Crippen LogP contribution >= 0.6 is 11.6 Å². The average Bonchev–Trinajstić information content (AvgIpc) is 2.34. The van der Waals surface area contributed by atoms with Crippen molar-refractivity contribution in [1.82, 2.24) is 4.90 Å². The maximum Gasteiger partial charge on any atom is 0.293 e. The fourth-order valence-electron chi connectivity index (χ4n) is 1.41. The highest BCUT2D eigenvalue weighted by Gasteiger charge is 2.13. The van der Waals surface area contributed by atoms with Gasteiger partial charge in [-0.1, -0.05) is 11.6 Å². The van der Waals surface area contributed by atoms with Gasteiger partial charge in [0, 0.05) is 24.2 Å². The van der Waals surface area contributed by atoms with Crippen molar-refractivity contribution < 1.29 is 9.66 Å². The van der Waals surface area contributed by atoms with Crippen LogP contribution in [0.25, 0.3) is 0 Å². The topological polar surface area (TPSA) is 67.6 Å². The number of rotatable bonds is 8. The van der Waals surface area contributed by atoms with Crippen molar-refractivity contribution in [3.05, 3.63) is 33.3 Å². The largest absolute Gasteiger partial charge is 0.378 e. The van der Waals surface area contributed by atoms with Crippen LogP contribution < -0.4 is 5.32 Å². The second-order valence-corrected chi connectivity index (χ2v) is 4.70. The standard InChI is InChI=1S/C12H18ClN3O3/c1-15(2)6-8-19-7-5-14-11-4-3-10(13)9-12(11)16(17)18/h3-4,9,14H,5-8H2,1-2H3. The molecule has 7 heteroatoms. The summed E-state index contributed by atoms with van der Waals surface area (Å²) < 4.78 is 5.39. The molecule has 0 unspecified atom stereocenters. The van der Waals surface area contributed by atoms with E-state index in [1.165, 1.54) is 6.07 Å². The van der Waals surface area contributed by atoms with Gasteiger partial charge >= 0.3 is 0 Å². The smallest absolute Gasteiger partial charge is 0.293 e. The molecule has 0 fully saturated rings. The quantitative estimate of drug-likeness (QED) is 0.451. The van der Waals surface area contributed by atoms with Crippen LogP contribution in [0.15, 0.2) is 18.2 Å². The van der Waals surface area contributed by atoms with Gasteiger partial charge in [-0.05, 0) is 26.2 Å². The van der Waals surface area contributed by atoms with Crippen molar-refractivity contribution in [2.45, 2.75) is 0 Å². The molecule has 6 nitrogen and oxygen atoms in total. The van der Waals surface area contributed by atoms with Gasteiger partial charge in [-0.2, -0.15) is 0 Å². The van der Waals surface area contributed by atoms with E-state index in [-0.39, 0.29) is 5.69 Å². The summed E-state index contributed by atoms with van der Waals surface area (Å²) in [4.78, 5) is 12.4. The first-order valence-electron chi connectivity index (χ1n) is 5.91. The average molecular weight is 288 g/mol. The SMILES string of the molecule is CN(C)CCOCCNc1ccc(Cl)cc1[N+](=O)[O-]. The lowest BCUT2D eigenvalue weighted by Crippen LogP contribution is -2.20. The van der Waals surface area contributed by atoms with Crippen molar-refractivity contribution in [3.8, 4) is 0 Å². The van der Waals surface area contributed by atoms with Gasteiger partial charge in [0.05, 0.1) is 18.1 Å². The Kier molecular flexibility index (Phi) is 6.55. The Morgan fingerprint density at radius 2 is 2.16 bits per heavy atom. The lowest BCUT2D eigenvalue weighted by atomic mass is 10.2. The van der Waals surface area contributed by atoms with Crippen molar-refractivity contribution >= 4 is 23.0 Å². The van der Waals surface area contributed by atoms with Crippen molar-refractivity contribution in [2.75, 3.05) is 45.7 Å². The molecule has 1 aromatic rings. The Morgan fingerprint density at radius 3 is 2.79 bits per heavy atom. The van der Waals surface area contributed by atoms with Gasteiger partial charge in [-0.15, -0.1) is 0 Å². The third kappa shape index (κ3) is 5.87. The lowest BCUT2D eigenvalue weighted by Gasteiger charge is -2.11. The van der Waals surface area contributed by atoms with Gasteiger partial charge in [0.25, 0.3) is 5.69 Å². The number of anilines is 1. The molecule has 0 aliphatic heterocycles. The van der Waals surface area contributed by atoms with Gasteiger partial charge in [0.2, 0.25) is 0 Å². The van der Waals surface area contributed by atoms with Crippen LogP contribution in [0.2, 0.25) is 5.02 Å². The molecule has 0 aromatic heterocycles. The van der Waals surface area contributed by atoms with Crippen LogP contribution in [0, 0.1) is 10.1 Å². The van der Waals surface area contributed by atoms with Gasteiger partial charge < -0.3 is 15.0 Å². The number of ether oxygens (including phenoxy) is 1. The van der Waals surface area contributed by atoms with E-state index in [1.54, 1.807) is 12.1 Å². The first-order chi connectivity index (χ1) is 9.00. The second kappa shape index (κ2) is 7.93. The summed E-state index contributed by atoms with van der Waals surface area (Å²) in [5.41, 5.74) is 0.423. The fraction of sp³-hybridized carbons (Fsp3) is 0.500. The predicted molar refractivity (Wildman–Crippen MR) is 76.0 cm³/mol. The molecule has 0 bridgehead atoms. The van der Waals surface area contributed by atoms with E-state index >= 15 is 0 Å². The summed E-state index contributed by atoms with van der Waals surface area (Å²) in [5.74, 6) is 0. The lowest BCUT2D eigenvalue weighted by molar-refractivity contribution is -0.383. The molecule has 0 aliphatic rings. The number of hydrogen-bond donors (Lipinski definition) is 1. The van der Waals surface area contributed by atoms with E-state index in [1.807, 2.05) is 19.0 Å². The Hall–Kier alpha value is -1.37. The third-order valence-electron chi connectivity index (χ3n) is 2.40. The maximum absolute atomic E-state index is 10.9. The molecular formula is C12H18ClN3O3. The summed E-state index contributed by atoms with van der Waals surface area (Å²) in [6.07, 6.45) is 0. The highest BCUT2D eigenvalue weighted by molar-refractivity contribution is 6.30. The molecule has 1 aromatic carbocycles. The number of likely N-dealkylation sites (N-methyl/N-ethyl adjacent to an activating group) is 1. The van der Waals surface area contributed by atoms with E-state index in [0.717, 1.165) is 6.54 Å². The zero-order chi connectivity index (χ0) is 14.3. The maximum atomic E-state index is 10.9. The number of halogens is 1. The number of nitro groups is 1. The Balaban J connectivity index is 2.39. The molecule has 1 rings (SSSR count). The summed E-state index contributed by atoms with van der Waals surface area (Å²) in [6.45, 7) is 2.49. The summed E-state index contributed by atoms with van der Waals surface area (Å²) >= 11 is 5.73. The number of hydrogen-bond acceptors (Lipinski definition) is 5. The summed E-state index contributed by atoms with van der Waals surface area (Å²) in [7, 11) is 3.94. The number of nitrogens with one attached hydrogen (secondary N) is 1. The minimum absolute atomic E-state index is 0.0270. The summed E-state index contributed by atoms with van der Waals surface area (Å²) in [6, 6.07) is 4.54. The second-order valence-electron chi connectivity index (χ2n) is 4.26. The number of benzene rings is 1. The van der Waals surface area contributed by atoms with Crippen LogP contribution in [0.5, 0.6) is 0 Å². The highest BCUT2D eigenvalue weighted by Crippen LogP contribution is 2.27. The Labute approximate surface area is 117 Å². The minimum atomic E-state index is -0.457. The number of nitro benzene ring substituents is 1. The molecule has 0 radical (unpaired) electrons. The molecule has 106 valence electrons. The van der Waals surface area contributed by atoms with E-state index in [4.69, 9.17) is 16.3 Å². The molecule has 19 heavy (non-hydrogen) atoms. The molecule has 0 heterocycles. The molecule has 0 saturated heterocycles. The normalized spacial score (nSPS) is 10.7. The Morgan fingerprint density at radius 1 is 1.42 bits per heavy atom. The van der Waals surface area contributed by atoms with E-state index in [0.29, 0.717) is 30.5 Å². The van der Waals surface area contributed by atoms with Gasteiger partial charge in [-0.3, -0.25) is 10.1 Å². The van der Waals surface area contributed by atoms with E-state index < -0.39 is 4.92 Å². The van der Waals surface area contributed by atoms with Crippen LogP contribution in [-0.2, 0) is 4.74 Å². The van der Waals surface area contributed by atoms with Crippen LogP contribution in [-0.4, -0.2) is 50.2 Å². The van der Waals surface area contributed by atoms with Crippen molar-refractivity contribution in [2.24, 2.45) is 0 Å². The van der Waals surface area contributed by atoms with Gasteiger partial charge in [0.1, 0.15) is 5.69 Å². The highest BCUT2D eigenvalue weighted by atomic mass is 35.5. The molecular weight excluding hydrogens is 270 g/mol. The predicted octanol–water partition coefficient (Wildman–Crippen LogP) is 2.24. The molecule has 0 atom stereocenters. The zero-order valence-electron chi connectivity index (χ0n) is 11.1. The van der Waals surface area contributed by atoms with E-state index in [9.17, 15) is 10.1 Å². The molecule has 0 spiro atoms. The fourth-order valence-corrected chi connectivity index (χ4v) is 1.58. The van der Waals surface area contributed by atoms with Crippen LogP contribution in [0.1, 0.15) is 0 Å². The first kappa shape index (κ1) is 15.7. The molecule has 1 N–H and O–H groups in total. The molecule has 0 amide bonds. The minimum Gasteiger partial charge on any atom is -0.378 e. The first-order valence-corrected chi connectivity index (χ1v) is 6.29. The number of nitrogens with zero attached hydrogens (tertiary/aromatic N) is 2. The molecule has 0 saturated carbocycles. The van der Waals surface area contributed by atoms with E-state index in [2.05, 4.69) is 5.32 Å². The summed E-state index contributed by atoms with van der Waals surface area (Å²) in [5, 5.41) is 14.2. The van der Waals surface area contributed by atoms with Gasteiger partial charge in [-0.25, -0.2) is 0 Å². The van der Waals surface area contributed by atoms with Crippen molar-refractivity contribution in [3.63, 3.8) is 0 Å². The zero-order valence-corrected chi connectivity index (χ0v) is 11.8.